The molecule has 1 aromatic heterocycles. The van der Waals surface area contributed by atoms with Crippen molar-refractivity contribution >= 4 is 28.1 Å². The molecule has 1 aliphatic rings. The van der Waals surface area contributed by atoms with Crippen molar-refractivity contribution in [3.63, 3.8) is 0 Å². The SMILES string of the molecule is CC.Cc1ccc(NC(=O)Nc2cnc(C3CCCC3)s2)cc1C. The molecular formula is C19H27N3OS. The van der Waals surface area contributed by atoms with Crippen LogP contribution in [0.25, 0.3) is 0 Å². The highest BCUT2D eigenvalue weighted by Crippen LogP contribution is 2.37. The first kappa shape index (κ1) is 18.5. The van der Waals surface area contributed by atoms with E-state index in [1.54, 1.807) is 17.5 Å². The third-order valence-corrected chi connectivity index (χ3v) is 5.30. The topological polar surface area (TPSA) is 54.0 Å². The predicted octanol–water partition coefficient (Wildman–Crippen LogP) is 6.09. The lowest BCUT2D eigenvalue weighted by Crippen LogP contribution is -2.18. The van der Waals surface area contributed by atoms with Crippen LogP contribution in [0.4, 0.5) is 15.5 Å². The fourth-order valence-electron chi connectivity index (χ4n) is 2.80. The van der Waals surface area contributed by atoms with E-state index >= 15 is 0 Å². The molecule has 2 N–H and O–H groups in total. The van der Waals surface area contributed by atoms with Crippen molar-refractivity contribution in [3.8, 4) is 0 Å². The van der Waals surface area contributed by atoms with Gasteiger partial charge in [-0.1, -0.05) is 32.8 Å². The molecule has 0 saturated heterocycles. The van der Waals surface area contributed by atoms with Crippen molar-refractivity contribution in [2.45, 2.75) is 59.3 Å². The fourth-order valence-corrected chi connectivity index (χ4v) is 3.78. The van der Waals surface area contributed by atoms with Crippen molar-refractivity contribution in [1.82, 2.24) is 4.98 Å². The van der Waals surface area contributed by atoms with E-state index in [-0.39, 0.29) is 6.03 Å². The Hall–Kier alpha value is -1.88. The van der Waals surface area contributed by atoms with E-state index in [0.717, 1.165) is 15.7 Å². The van der Waals surface area contributed by atoms with Gasteiger partial charge < -0.3 is 5.32 Å². The molecule has 1 heterocycles. The number of carbonyl (C=O) groups is 1. The number of nitrogens with zero attached hydrogens (tertiary/aromatic N) is 1. The molecule has 0 spiro atoms. The van der Waals surface area contributed by atoms with Crippen LogP contribution in [0.3, 0.4) is 0 Å². The zero-order valence-corrected chi connectivity index (χ0v) is 15.8. The van der Waals surface area contributed by atoms with Gasteiger partial charge in [0.2, 0.25) is 0 Å². The number of rotatable bonds is 3. The van der Waals surface area contributed by atoms with Crippen LogP contribution >= 0.6 is 11.3 Å². The number of urea groups is 1. The Kier molecular flexibility index (Phi) is 6.79. The molecule has 0 aliphatic heterocycles. The zero-order chi connectivity index (χ0) is 17.5. The monoisotopic (exact) mass is 345 g/mol. The molecule has 1 fully saturated rings. The third-order valence-electron chi connectivity index (χ3n) is 4.23. The summed E-state index contributed by atoms with van der Waals surface area (Å²) in [5.74, 6) is 0.586. The van der Waals surface area contributed by atoms with E-state index in [9.17, 15) is 4.79 Å². The van der Waals surface area contributed by atoms with E-state index in [1.807, 2.05) is 39.0 Å². The number of hydrogen-bond donors (Lipinski definition) is 2. The first-order valence-corrected chi connectivity index (χ1v) is 9.54. The van der Waals surface area contributed by atoms with Gasteiger partial charge in [-0.25, -0.2) is 9.78 Å². The maximum Gasteiger partial charge on any atom is 0.324 e. The van der Waals surface area contributed by atoms with Crippen LogP contribution in [0, 0.1) is 13.8 Å². The van der Waals surface area contributed by atoms with Crippen molar-refractivity contribution in [2.24, 2.45) is 0 Å². The van der Waals surface area contributed by atoms with Gasteiger partial charge in [-0.3, -0.25) is 5.32 Å². The van der Waals surface area contributed by atoms with E-state index in [2.05, 4.69) is 22.5 Å². The second kappa shape index (κ2) is 8.83. The van der Waals surface area contributed by atoms with Crippen LogP contribution in [0.15, 0.2) is 24.4 Å². The van der Waals surface area contributed by atoms with E-state index in [4.69, 9.17) is 0 Å². The smallest absolute Gasteiger partial charge is 0.308 e. The Morgan fingerprint density at radius 1 is 1.12 bits per heavy atom. The van der Waals surface area contributed by atoms with Gasteiger partial charge in [0, 0.05) is 11.6 Å². The quantitative estimate of drug-likeness (QED) is 0.707. The summed E-state index contributed by atoms with van der Waals surface area (Å²) in [5.41, 5.74) is 3.19. The predicted molar refractivity (Wildman–Crippen MR) is 103 cm³/mol. The van der Waals surface area contributed by atoms with Crippen molar-refractivity contribution < 1.29 is 4.79 Å². The lowest BCUT2D eigenvalue weighted by Gasteiger charge is -2.08. The summed E-state index contributed by atoms with van der Waals surface area (Å²) in [4.78, 5) is 16.5. The molecule has 2 aromatic rings. The van der Waals surface area contributed by atoms with Crippen LogP contribution in [-0.4, -0.2) is 11.0 Å². The van der Waals surface area contributed by atoms with Crippen LogP contribution in [0.5, 0.6) is 0 Å². The summed E-state index contributed by atoms with van der Waals surface area (Å²) in [5, 5.41) is 7.70. The van der Waals surface area contributed by atoms with Crippen LogP contribution in [-0.2, 0) is 0 Å². The minimum absolute atomic E-state index is 0.218. The highest BCUT2D eigenvalue weighted by atomic mass is 32.1. The molecule has 130 valence electrons. The first-order chi connectivity index (χ1) is 11.6. The van der Waals surface area contributed by atoms with Crippen LogP contribution < -0.4 is 10.6 Å². The Bertz CT molecular complexity index is 675. The summed E-state index contributed by atoms with van der Waals surface area (Å²) >= 11 is 1.59. The van der Waals surface area contributed by atoms with Crippen LogP contribution in [0.2, 0.25) is 0 Å². The number of benzene rings is 1. The lowest BCUT2D eigenvalue weighted by molar-refractivity contribution is 0.262. The van der Waals surface area contributed by atoms with Crippen molar-refractivity contribution in [3.05, 3.63) is 40.5 Å². The molecule has 5 heteroatoms. The lowest BCUT2D eigenvalue weighted by atomic mass is 10.1. The molecule has 0 bridgehead atoms. The average molecular weight is 346 g/mol. The number of nitrogens with one attached hydrogen (secondary N) is 2. The molecule has 4 nitrogen and oxygen atoms in total. The first-order valence-electron chi connectivity index (χ1n) is 8.73. The Labute approximate surface area is 148 Å². The van der Waals surface area contributed by atoms with Gasteiger partial charge >= 0.3 is 6.03 Å². The summed E-state index contributed by atoms with van der Waals surface area (Å²) in [7, 11) is 0. The summed E-state index contributed by atoms with van der Waals surface area (Å²) in [6.45, 7) is 8.09. The maximum absolute atomic E-state index is 12.1. The molecule has 1 aliphatic carbocycles. The standard InChI is InChI=1S/C17H21N3OS.C2H6/c1-11-7-8-14(9-12(11)2)19-17(21)20-15-10-18-16(22-15)13-5-3-4-6-13;1-2/h7-10,13H,3-6H2,1-2H3,(H2,19,20,21);1-2H3. The number of amides is 2. The number of carbonyl (C=O) groups excluding carboxylic acids is 1. The maximum atomic E-state index is 12.1. The molecule has 0 unspecified atom stereocenters. The van der Waals surface area contributed by atoms with Crippen LogP contribution in [0.1, 0.15) is 61.6 Å². The number of aromatic nitrogens is 1. The van der Waals surface area contributed by atoms with Gasteiger partial charge in [-0.2, -0.15) is 0 Å². The number of aryl methyl sites for hydroxylation is 2. The van der Waals surface area contributed by atoms with Gasteiger partial charge in [0.25, 0.3) is 0 Å². The Morgan fingerprint density at radius 2 is 1.83 bits per heavy atom. The summed E-state index contributed by atoms with van der Waals surface area (Å²) in [6, 6.07) is 5.68. The molecule has 24 heavy (non-hydrogen) atoms. The summed E-state index contributed by atoms with van der Waals surface area (Å²) in [6.07, 6.45) is 6.79. The normalized spacial score (nSPS) is 14.0. The Balaban J connectivity index is 0.00000100. The van der Waals surface area contributed by atoms with Gasteiger partial charge in [-0.15, -0.1) is 11.3 Å². The molecule has 0 atom stereocenters. The van der Waals surface area contributed by atoms with Gasteiger partial charge in [0.15, 0.2) is 0 Å². The number of thiazole rings is 1. The minimum atomic E-state index is -0.218. The Morgan fingerprint density at radius 3 is 2.50 bits per heavy atom. The average Bonchev–Trinajstić information content (AvgIpc) is 3.24. The molecular weight excluding hydrogens is 318 g/mol. The molecule has 2 amide bonds. The second-order valence-electron chi connectivity index (χ2n) is 5.92. The van der Waals surface area contributed by atoms with Gasteiger partial charge in [-0.05, 0) is 49.9 Å². The number of hydrogen-bond acceptors (Lipinski definition) is 3. The van der Waals surface area contributed by atoms with Crippen molar-refractivity contribution in [2.75, 3.05) is 10.6 Å². The van der Waals surface area contributed by atoms with Gasteiger partial charge in [0.1, 0.15) is 5.00 Å². The van der Waals surface area contributed by atoms with E-state index < -0.39 is 0 Å². The fraction of sp³-hybridized carbons (Fsp3) is 0.474. The minimum Gasteiger partial charge on any atom is -0.308 e. The molecule has 0 radical (unpaired) electrons. The molecule has 3 rings (SSSR count). The van der Waals surface area contributed by atoms with E-state index in [1.165, 1.54) is 36.8 Å². The zero-order valence-electron chi connectivity index (χ0n) is 15.0. The van der Waals surface area contributed by atoms with Crippen molar-refractivity contribution in [1.29, 1.82) is 0 Å². The summed E-state index contributed by atoms with van der Waals surface area (Å²) < 4.78 is 0. The highest BCUT2D eigenvalue weighted by molar-refractivity contribution is 7.15. The van der Waals surface area contributed by atoms with Gasteiger partial charge in [0.05, 0.1) is 11.2 Å². The number of anilines is 2. The highest BCUT2D eigenvalue weighted by Gasteiger charge is 2.20. The third kappa shape index (κ3) is 4.81. The van der Waals surface area contributed by atoms with E-state index in [0.29, 0.717) is 5.92 Å². The largest absolute Gasteiger partial charge is 0.324 e. The second-order valence-corrected chi connectivity index (χ2v) is 6.98. The molecule has 1 saturated carbocycles. The molecule has 1 aromatic carbocycles.